The third kappa shape index (κ3) is 6.61. The van der Waals surface area contributed by atoms with E-state index in [1.807, 2.05) is 30.3 Å². The quantitative estimate of drug-likeness (QED) is 0.620. The lowest BCUT2D eigenvalue weighted by atomic mass is 9.92. The summed E-state index contributed by atoms with van der Waals surface area (Å²) in [4.78, 5) is 4.30. The van der Waals surface area contributed by atoms with Gasteiger partial charge < -0.3 is 11.1 Å². The smallest absolute Gasteiger partial charge is 0.188 e. The topological polar surface area (TPSA) is 50.4 Å². The molecule has 17 heavy (non-hydrogen) atoms. The number of hydrogen-bond donors (Lipinski definition) is 2. The molecule has 0 radical (unpaired) electrons. The highest BCUT2D eigenvalue weighted by molar-refractivity contribution is 5.77. The second kappa shape index (κ2) is 6.28. The van der Waals surface area contributed by atoms with Gasteiger partial charge in [-0.25, -0.2) is 4.99 Å². The summed E-state index contributed by atoms with van der Waals surface area (Å²) in [6.07, 6.45) is 1.08. The standard InChI is InChI=1S/C14H23N3/c1-14(2,3)9-10-16-13(15)17-11-12-7-5-4-6-8-12/h4-8H,9-11H2,1-3H3,(H3,15,16,17). The first-order chi connectivity index (χ1) is 7.97. The van der Waals surface area contributed by atoms with Gasteiger partial charge in [-0.2, -0.15) is 0 Å². The molecule has 3 N–H and O–H groups in total. The lowest BCUT2D eigenvalue weighted by molar-refractivity contribution is 0.378. The van der Waals surface area contributed by atoms with Crippen LogP contribution in [0.15, 0.2) is 35.3 Å². The summed E-state index contributed by atoms with van der Waals surface area (Å²) >= 11 is 0. The van der Waals surface area contributed by atoms with Crippen LogP contribution < -0.4 is 11.1 Å². The van der Waals surface area contributed by atoms with Crippen molar-refractivity contribution in [2.45, 2.75) is 33.7 Å². The van der Waals surface area contributed by atoms with Crippen LogP contribution in [0.5, 0.6) is 0 Å². The molecule has 0 atom stereocenters. The molecule has 0 saturated carbocycles. The molecule has 0 aliphatic heterocycles. The van der Waals surface area contributed by atoms with Crippen LogP contribution in [0.1, 0.15) is 32.8 Å². The summed E-state index contributed by atoms with van der Waals surface area (Å²) in [5.74, 6) is 0.526. The number of benzene rings is 1. The number of aliphatic imine (C=N–C) groups is 1. The summed E-state index contributed by atoms with van der Waals surface area (Å²) in [6, 6.07) is 10.1. The van der Waals surface area contributed by atoms with Crippen LogP contribution >= 0.6 is 0 Å². The zero-order chi connectivity index (χ0) is 12.7. The molecule has 1 aromatic rings. The average Bonchev–Trinajstić information content (AvgIpc) is 2.26. The van der Waals surface area contributed by atoms with E-state index >= 15 is 0 Å². The van der Waals surface area contributed by atoms with Crippen molar-refractivity contribution < 1.29 is 0 Å². The maximum atomic E-state index is 5.79. The van der Waals surface area contributed by atoms with Gasteiger partial charge in [0, 0.05) is 6.54 Å². The number of nitrogens with one attached hydrogen (secondary N) is 1. The Labute approximate surface area is 104 Å². The molecule has 1 rings (SSSR count). The van der Waals surface area contributed by atoms with Crippen LogP contribution in [0.4, 0.5) is 0 Å². The van der Waals surface area contributed by atoms with E-state index in [1.165, 1.54) is 5.56 Å². The zero-order valence-electron chi connectivity index (χ0n) is 11.0. The van der Waals surface area contributed by atoms with Crippen molar-refractivity contribution >= 4 is 5.96 Å². The fraction of sp³-hybridized carbons (Fsp3) is 0.500. The van der Waals surface area contributed by atoms with E-state index in [9.17, 15) is 0 Å². The first kappa shape index (κ1) is 13.6. The van der Waals surface area contributed by atoms with E-state index in [-0.39, 0.29) is 0 Å². The molecular formula is C14H23N3. The normalized spacial score (nSPS) is 12.5. The maximum absolute atomic E-state index is 5.79. The Balaban J connectivity index is 2.30. The molecule has 0 fully saturated rings. The summed E-state index contributed by atoms with van der Waals surface area (Å²) in [5, 5.41) is 3.14. The molecule has 1 aromatic carbocycles. The van der Waals surface area contributed by atoms with Crippen LogP contribution in [-0.2, 0) is 6.54 Å². The number of rotatable bonds is 4. The van der Waals surface area contributed by atoms with E-state index in [0.29, 0.717) is 17.9 Å². The average molecular weight is 233 g/mol. The fourth-order valence-corrected chi connectivity index (χ4v) is 1.38. The highest BCUT2D eigenvalue weighted by Crippen LogP contribution is 2.16. The second-order valence-corrected chi connectivity index (χ2v) is 5.42. The van der Waals surface area contributed by atoms with Crippen molar-refractivity contribution in [1.29, 1.82) is 0 Å². The van der Waals surface area contributed by atoms with Gasteiger partial charge in [-0.05, 0) is 17.4 Å². The molecule has 3 heteroatoms. The highest BCUT2D eigenvalue weighted by Gasteiger charge is 2.08. The monoisotopic (exact) mass is 233 g/mol. The van der Waals surface area contributed by atoms with Crippen LogP contribution in [-0.4, -0.2) is 12.5 Å². The SMILES string of the molecule is CC(C)(C)CCNC(N)=NCc1ccccc1. The Bertz CT molecular complexity index is 349. The fourth-order valence-electron chi connectivity index (χ4n) is 1.38. The van der Waals surface area contributed by atoms with E-state index < -0.39 is 0 Å². The van der Waals surface area contributed by atoms with Crippen LogP contribution in [0, 0.1) is 5.41 Å². The first-order valence-electron chi connectivity index (χ1n) is 6.05. The van der Waals surface area contributed by atoms with Crippen molar-refractivity contribution in [2.24, 2.45) is 16.1 Å². The molecule has 0 bridgehead atoms. The maximum Gasteiger partial charge on any atom is 0.188 e. The molecular weight excluding hydrogens is 210 g/mol. The Morgan fingerprint density at radius 1 is 1.24 bits per heavy atom. The number of hydrogen-bond acceptors (Lipinski definition) is 1. The molecule has 0 saturated heterocycles. The van der Waals surface area contributed by atoms with Crippen LogP contribution in [0.25, 0.3) is 0 Å². The van der Waals surface area contributed by atoms with E-state index in [0.717, 1.165) is 13.0 Å². The van der Waals surface area contributed by atoms with Gasteiger partial charge in [0.15, 0.2) is 5.96 Å². The third-order valence-corrected chi connectivity index (χ3v) is 2.46. The summed E-state index contributed by atoms with van der Waals surface area (Å²) in [7, 11) is 0. The Morgan fingerprint density at radius 2 is 1.88 bits per heavy atom. The Morgan fingerprint density at radius 3 is 2.47 bits per heavy atom. The Kier molecular flexibility index (Phi) is 5.01. The molecule has 0 aromatic heterocycles. The van der Waals surface area contributed by atoms with Gasteiger partial charge >= 0.3 is 0 Å². The third-order valence-electron chi connectivity index (χ3n) is 2.46. The van der Waals surface area contributed by atoms with Gasteiger partial charge in [-0.15, -0.1) is 0 Å². The summed E-state index contributed by atoms with van der Waals surface area (Å²) < 4.78 is 0. The number of nitrogens with two attached hydrogens (primary N) is 1. The molecule has 94 valence electrons. The summed E-state index contributed by atoms with van der Waals surface area (Å²) in [6.45, 7) is 8.15. The lowest BCUT2D eigenvalue weighted by Gasteiger charge is -2.18. The van der Waals surface area contributed by atoms with Gasteiger partial charge in [0.2, 0.25) is 0 Å². The minimum absolute atomic E-state index is 0.326. The lowest BCUT2D eigenvalue weighted by Crippen LogP contribution is -2.33. The van der Waals surface area contributed by atoms with Gasteiger partial charge in [-0.1, -0.05) is 51.1 Å². The van der Waals surface area contributed by atoms with Gasteiger partial charge in [0.1, 0.15) is 0 Å². The predicted octanol–water partition coefficient (Wildman–Crippen LogP) is 2.53. The van der Waals surface area contributed by atoms with Crippen molar-refractivity contribution in [3.8, 4) is 0 Å². The molecule has 0 spiro atoms. The molecule has 0 heterocycles. The minimum atomic E-state index is 0.326. The van der Waals surface area contributed by atoms with Crippen molar-refractivity contribution in [1.82, 2.24) is 5.32 Å². The Hall–Kier alpha value is -1.51. The van der Waals surface area contributed by atoms with Crippen molar-refractivity contribution in [2.75, 3.05) is 6.54 Å². The second-order valence-electron chi connectivity index (χ2n) is 5.42. The van der Waals surface area contributed by atoms with E-state index in [2.05, 4.69) is 31.1 Å². The van der Waals surface area contributed by atoms with E-state index in [4.69, 9.17) is 5.73 Å². The molecule has 0 amide bonds. The molecule has 0 aliphatic carbocycles. The summed E-state index contributed by atoms with van der Waals surface area (Å²) in [5.41, 5.74) is 7.29. The van der Waals surface area contributed by atoms with Crippen LogP contribution in [0.3, 0.4) is 0 Å². The molecule has 0 aliphatic rings. The first-order valence-corrected chi connectivity index (χ1v) is 6.05. The molecule has 0 unspecified atom stereocenters. The van der Waals surface area contributed by atoms with Gasteiger partial charge in [0.05, 0.1) is 6.54 Å². The van der Waals surface area contributed by atoms with Crippen molar-refractivity contribution in [3.05, 3.63) is 35.9 Å². The largest absolute Gasteiger partial charge is 0.370 e. The van der Waals surface area contributed by atoms with E-state index in [1.54, 1.807) is 0 Å². The van der Waals surface area contributed by atoms with Crippen LogP contribution in [0.2, 0.25) is 0 Å². The van der Waals surface area contributed by atoms with Gasteiger partial charge in [-0.3, -0.25) is 0 Å². The zero-order valence-corrected chi connectivity index (χ0v) is 11.0. The number of guanidine groups is 1. The molecule has 3 nitrogen and oxygen atoms in total. The van der Waals surface area contributed by atoms with Crippen molar-refractivity contribution in [3.63, 3.8) is 0 Å². The number of nitrogens with zero attached hydrogens (tertiary/aromatic N) is 1. The highest BCUT2D eigenvalue weighted by atomic mass is 15.1. The van der Waals surface area contributed by atoms with Gasteiger partial charge in [0.25, 0.3) is 0 Å². The minimum Gasteiger partial charge on any atom is -0.370 e. The predicted molar refractivity (Wildman–Crippen MR) is 73.8 cm³/mol.